The van der Waals surface area contributed by atoms with E-state index in [9.17, 15) is 23.1 Å². The first-order chi connectivity index (χ1) is 17.4. The van der Waals surface area contributed by atoms with Crippen LogP contribution in [-0.4, -0.2) is 66.9 Å². The van der Waals surface area contributed by atoms with Gasteiger partial charge in [0.25, 0.3) is 0 Å². The van der Waals surface area contributed by atoms with Crippen molar-refractivity contribution in [1.82, 2.24) is 13.8 Å². The van der Waals surface area contributed by atoms with Crippen molar-refractivity contribution in [1.29, 1.82) is 0 Å². The van der Waals surface area contributed by atoms with Gasteiger partial charge in [-0.15, -0.1) is 10.8 Å². The summed E-state index contributed by atoms with van der Waals surface area (Å²) in [5.41, 5.74) is 1.81. The van der Waals surface area contributed by atoms with Crippen LogP contribution in [0.15, 0.2) is 47.5 Å². The molecule has 1 fully saturated rings. The van der Waals surface area contributed by atoms with E-state index in [1.807, 2.05) is 13.0 Å². The van der Waals surface area contributed by atoms with Gasteiger partial charge < -0.3 is 14.4 Å². The molecule has 2 aromatic carbocycles. The van der Waals surface area contributed by atoms with Crippen LogP contribution in [0.2, 0.25) is 0 Å². The van der Waals surface area contributed by atoms with E-state index in [1.54, 1.807) is 54.4 Å². The summed E-state index contributed by atoms with van der Waals surface area (Å²) in [4.78, 5) is 26.7. The van der Waals surface area contributed by atoms with Gasteiger partial charge in [0.2, 0.25) is 0 Å². The smallest absolute Gasteiger partial charge is 0.419 e. The van der Waals surface area contributed by atoms with E-state index >= 15 is 0 Å². The van der Waals surface area contributed by atoms with Crippen LogP contribution in [0.25, 0.3) is 22.0 Å². The quantitative estimate of drug-likeness (QED) is 0.420. The summed E-state index contributed by atoms with van der Waals surface area (Å²) in [5, 5.41) is 0.661. The molecule has 5 rings (SSSR count). The molecule has 1 atom stereocenters. The van der Waals surface area contributed by atoms with Crippen molar-refractivity contribution in [2.24, 2.45) is 0 Å². The third kappa shape index (κ3) is 4.56. The van der Waals surface area contributed by atoms with Crippen LogP contribution in [0.4, 0.5) is 14.0 Å². The fourth-order valence-electron chi connectivity index (χ4n) is 4.86. The fraction of sp³-hybridized carbons (Fsp3) is 0.385. The van der Waals surface area contributed by atoms with Crippen molar-refractivity contribution in [2.75, 3.05) is 26.2 Å². The minimum absolute atomic E-state index is 0.264. The first-order valence-electron chi connectivity index (χ1n) is 12.0. The Hall–Kier alpha value is -3.12. The molecule has 0 saturated carbocycles. The molecule has 0 spiro atoms. The van der Waals surface area contributed by atoms with E-state index in [0.717, 1.165) is 11.1 Å². The van der Waals surface area contributed by atoms with Crippen LogP contribution in [0, 0.1) is 5.82 Å². The fourth-order valence-corrected chi connectivity index (χ4v) is 6.79. The van der Waals surface area contributed by atoms with E-state index in [-0.39, 0.29) is 12.6 Å². The molecule has 37 heavy (non-hydrogen) atoms. The molecule has 1 unspecified atom stereocenters. The summed E-state index contributed by atoms with van der Waals surface area (Å²) < 4.78 is 49.7. The highest BCUT2D eigenvalue weighted by Crippen LogP contribution is 2.63. The molecule has 9 nitrogen and oxygen atoms in total. The van der Waals surface area contributed by atoms with Gasteiger partial charge in [0.1, 0.15) is 18.0 Å². The minimum atomic E-state index is -3.25. The Morgan fingerprint density at radius 2 is 1.95 bits per heavy atom. The normalized spacial score (nSPS) is 20.2. The highest BCUT2D eigenvalue weighted by molar-refractivity contribution is 8.22. The zero-order valence-corrected chi connectivity index (χ0v) is 21.9. The second kappa shape index (κ2) is 9.02. The Morgan fingerprint density at radius 1 is 1.19 bits per heavy atom. The van der Waals surface area contributed by atoms with Crippen LogP contribution >= 0.6 is 10.8 Å². The number of hydrogen-bond donors (Lipinski definition) is 2. The third-order valence-electron chi connectivity index (χ3n) is 6.62. The van der Waals surface area contributed by atoms with E-state index in [0.29, 0.717) is 41.1 Å². The lowest BCUT2D eigenvalue weighted by molar-refractivity contribution is 0.0544. The van der Waals surface area contributed by atoms with Gasteiger partial charge in [0.05, 0.1) is 23.0 Å². The number of rotatable bonds is 4. The predicted octanol–water partition coefficient (Wildman–Crippen LogP) is 6.08. The number of aromatic nitrogens is 1. The van der Waals surface area contributed by atoms with Crippen LogP contribution in [0.5, 0.6) is 0 Å². The lowest BCUT2D eigenvalue weighted by atomic mass is 9.99. The second-order valence-corrected chi connectivity index (χ2v) is 12.2. The highest BCUT2D eigenvalue weighted by atomic mass is 32.3. The first-order valence-corrected chi connectivity index (χ1v) is 13.5. The van der Waals surface area contributed by atoms with Gasteiger partial charge in [-0.05, 0) is 69.2 Å². The van der Waals surface area contributed by atoms with Crippen molar-refractivity contribution >= 4 is 33.9 Å². The molecule has 3 aromatic rings. The Kier molecular flexibility index (Phi) is 6.22. The Morgan fingerprint density at radius 3 is 2.62 bits per heavy atom. The Balaban J connectivity index is 1.51. The maximum absolute atomic E-state index is 14.1. The van der Waals surface area contributed by atoms with Gasteiger partial charge in [-0.2, -0.15) is 4.31 Å². The SMILES string of the molecule is CC1c2cc(-c3cn(C(=O)OC(C)(C)C)c4cc(F)ccc34)ccc2S(O)(O)N1CCN1CCOC1=O. The summed E-state index contributed by atoms with van der Waals surface area (Å²) in [5.74, 6) is -0.476. The van der Waals surface area contributed by atoms with Gasteiger partial charge in [0.15, 0.2) is 0 Å². The third-order valence-corrected chi connectivity index (χ3v) is 8.73. The van der Waals surface area contributed by atoms with E-state index in [2.05, 4.69) is 0 Å². The number of halogens is 1. The average molecular weight is 532 g/mol. The van der Waals surface area contributed by atoms with Gasteiger partial charge in [-0.25, -0.2) is 14.0 Å². The number of benzene rings is 2. The molecule has 198 valence electrons. The highest BCUT2D eigenvalue weighted by Gasteiger charge is 2.41. The number of ether oxygens (including phenoxy) is 2. The maximum Gasteiger partial charge on any atom is 0.419 e. The van der Waals surface area contributed by atoms with Gasteiger partial charge in [-0.1, -0.05) is 6.07 Å². The molecule has 11 heteroatoms. The molecule has 0 bridgehead atoms. The second-order valence-electron chi connectivity index (χ2n) is 10.2. The van der Waals surface area contributed by atoms with Crippen LogP contribution < -0.4 is 0 Å². The molecule has 1 saturated heterocycles. The molecule has 0 aliphatic carbocycles. The monoisotopic (exact) mass is 531 g/mol. The maximum atomic E-state index is 14.1. The van der Waals surface area contributed by atoms with Crippen LogP contribution in [0.1, 0.15) is 39.3 Å². The van der Waals surface area contributed by atoms with Crippen LogP contribution in [0.3, 0.4) is 0 Å². The Labute approximate surface area is 215 Å². The number of nitrogens with zero attached hydrogens (tertiary/aromatic N) is 3. The van der Waals surface area contributed by atoms with E-state index < -0.39 is 34.4 Å². The largest absolute Gasteiger partial charge is 0.448 e. The van der Waals surface area contributed by atoms with Gasteiger partial charge in [0, 0.05) is 30.2 Å². The number of carbonyl (C=O) groups excluding carboxylic acids is 2. The lowest BCUT2D eigenvalue weighted by Gasteiger charge is -2.39. The summed E-state index contributed by atoms with van der Waals surface area (Å²) in [6, 6.07) is 9.22. The zero-order valence-electron chi connectivity index (χ0n) is 21.1. The number of carbonyl (C=O) groups is 2. The summed E-state index contributed by atoms with van der Waals surface area (Å²) in [7, 11) is -3.25. The number of cyclic esters (lactones) is 1. The molecule has 2 aliphatic rings. The summed E-state index contributed by atoms with van der Waals surface area (Å²) >= 11 is 0. The van der Waals surface area contributed by atoms with Gasteiger partial charge in [-0.3, -0.25) is 13.7 Å². The predicted molar refractivity (Wildman–Crippen MR) is 138 cm³/mol. The number of amides is 1. The van der Waals surface area contributed by atoms with Crippen LogP contribution in [-0.2, 0) is 9.47 Å². The van der Waals surface area contributed by atoms with E-state index in [4.69, 9.17) is 9.47 Å². The molecule has 1 amide bonds. The topological polar surface area (TPSA) is 104 Å². The lowest BCUT2D eigenvalue weighted by Crippen LogP contribution is -2.35. The van der Waals surface area contributed by atoms with Crippen molar-refractivity contribution in [3.63, 3.8) is 0 Å². The molecule has 2 N–H and O–H groups in total. The number of hydrogen-bond acceptors (Lipinski definition) is 7. The minimum Gasteiger partial charge on any atom is -0.448 e. The van der Waals surface area contributed by atoms with Crippen molar-refractivity contribution in [3.05, 3.63) is 54.0 Å². The van der Waals surface area contributed by atoms with Crippen molar-refractivity contribution in [3.8, 4) is 11.1 Å². The molecular weight excluding hydrogens is 501 g/mol. The number of fused-ring (bicyclic) bond motifs is 2. The van der Waals surface area contributed by atoms with Crippen molar-refractivity contribution < 1.29 is 32.6 Å². The molecule has 3 heterocycles. The zero-order chi connectivity index (χ0) is 26.7. The van der Waals surface area contributed by atoms with E-state index in [1.165, 1.54) is 16.7 Å². The van der Waals surface area contributed by atoms with Gasteiger partial charge >= 0.3 is 12.2 Å². The summed E-state index contributed by atoms with van der Waals surface area (Å²) in [6.45, 7) is 8.54. The molecule has 2 aliphatic heterocycles. The summed E-state index contributed by atoms with van der Waals surface area (Å²) in [6.07, 6.45) is 0.597. The molecule has 1 aromatic heterocycles. The Bertz CT molecular complexity index is 1400. The molecular formula is C26H30FN3O6S. The first kappa shape index (κ1) is 25.5. The average Bonchev–Trinajstić information content (AvgIpc) is 3.45. The standard InChI is InChI=1S/C26H30FN3O6S/c1-16-20-13-17(5-8-23(20)37(33,34)30(16)10-9-28-11-12-35-24(28)31)21-15-29(25(32)36-26(2,3)4)22-14-18(27)6-7-19(21)22/h5-8,13-16,33-34H,9-12H2,1-4H3. The molecule has 0 radical (unpaired) electrons. The van der Waals surface area contributed by atoms with Crippen molar-refractivity contribution in [2.45, 2.75) is 44.2 Å².